The fraction of sp³-hybridized carbons (Fsp3) is 0.500. The minimum Gasteiger partial charge on any atom is -0.340 e. The first kappa shape index (κ1) is 15.6. The highest BCUT2D eigenvalue weighted by Gasteiger charge is 2.15. The molecule has 4 nitrogen and oxygen atoms in total. The molecule has 2 N–H and O–H groups in total. The molecule has 1 aromatic rings. The van der Waals surface area contributed by atoms with E-state index in [0.29, 0.717) is 17.4 Å². The highest BCUT2D eigenvalue weighted by Crippen LogP contribution is 2.14. The predicted octanol–water partition coefficient (Wildman–Crippen LogP) is 0.508. The van der Waals surface area contributed by atoms with E-state index in [2.05, 4.69) is 34.7 Å². The van der Waals surface area contributed by atoms with Crippen LogP contribution in [0.25, 0.3) is 0 Å². The molecule has 1 atom stereocenters. The van der Waals surface area contributed by atoms with Crippen molar-refractivity contribution in [2.24, 2.45) is 5.92 Å². The Morgan fingerprint density at radius 3 is 2.33 bits per heavy atom. The lowest BCUT2D eigenvalue weighted by Gasteiger charge is -2.15. The van der Waals surface area contributed by atoms with E-state index in [0.717, 1.165) is 11.0 Å². The monoisotopic (exact) mass is 335 g/mol. The van der Waals surface area contributed by atoms with Gasteiger partial charge in [-0.2, -0.15) is 0 Å². The minimum absolute atomic E-state index is 0.301. The quantitative estimate of drug-likeness (QED) is 0.795. The predicted molar refractivity (Wildman–Crippen MR) is 76.2 cm³/mol. The fourth-order valence-corrected chi connectivity index (χ4v) is 3.15. The standard InChI is InChI=1S/C12H19BrN2O2S/c1-10(9-15(2)3)8-14-18(16,17)12-6-4-11(13)5-7-12/h4-7,10,14H,8-9H2,1-3H3/p+1/t10-/m1/s1. The smallest absolute Gasteiger partial charge is 0.240 e. The maximum absolute atomic E-state index is 12.0. The number of rotatable bonds is 6. The maximum atomic E-state index is 12.0. The van der Waals surface area contributed by atoms with Gasteiger partial charge in [-0.1, -0.05) is 22.9 Å². The van der Waals surface area contributed by atoms with E-state index in [4.69, 9.17) is 0 Å². The van der Waals surface area contributed by atoms with Crippen LogP contribution in [0.5, 0.6) is 0 Å². The van der Waals surface area contributed by atoms with Crippen molar-refractivity contribution in [1.82, 2.24) is 4.72 Å². The molecule has 0 saturated heterocycles. The molecule has 18 heavy (non-hydrogen) atoms. The maximum Gasteiger partial charge on any atom is 0.240 e. The van der Waals surface area contributed by atoms with Gasteiger partial charge in [0.05, 0.1) is 25.5 Å². The minimum atomic E-state index is -3.39. The summed E-state index contributed by atoms with van der Waals surface area (Å²) >= 11 is 3.28. The van der Waals surface area contributed by atoms with Gasteiger partial charge in [0, 0.05) is 16.9 Å². The van der Waals surface area contributed by atoms with Crippen LogP contribution in [0.3, 0.4) is 0 Å². The normalized spacial score (nSPS) is 13.8. The molecule has 102 valence electrons. The zero-order valence-corrected chi connectivity index (χ0v) is 13.3. The van der Waals surface area contributed by atoms with Crippen molar-refractivity contribution in [3.63, 3.8) is 0 Å². The van der Waals surface area contributed by atoms with Gasteiger partial charge in [0.15, 0.2) is 0 Å². The third-order valence-electron chi connectivity index (χ3n) is 2.50. The van der Waals surface area contributed by atoms with Crippen LogP contribution < -0.4 is 9.62 Å². The van der Waals surface area contributed by atoms with Gasteiger partial charge < -0.3 is 4.90 Å². The van der Waals surface area contributed by atoms with Gasteiger partial charge in [0.2, 0.25) is 10.0 Å². The molecular weight excluding hydrogens is 316 g/mol. The zero-order valence-electron chi connectivity index (χ0n) is 10.9. The molecule has 0 spiro atoms. The van der Waals surface area contributed by atoms with Crippen molar-refractivity contribution in [2.45, 2.75) is 11.8 Å². The zero-order chi connectivity index (χ0) is 13.8. The van der Waals surface area contributed by atoms with E-state index in [1.807, 2.05) is 6.92 Å². The second-order valence-electron chi connectivity index (χ2n) is 4.82. The Bertz CT molecular complexity index is 471. The van der Waals surface area contributed by atoms with Gasteiger partial charge in [-0.15, -0.1) is 0 Å². The number of sulfonamides is 1. The van der Waals surface area contributed by atoms with E-state index in [1.165, 1.54) is 4.90 Å². The second-order valence-corrected chi connectivity index (χ2v) is 7.50. The number of halogens is 1. The Kier molecular flexibility index (Phi) is 5.78. The summed E-state index contributed by atoms with van der Waals surface area (Å²) in [6.07, 6.45) is 0. The lowest BCUT2D eigenvalue weighted by molar-refractivity contribution is -0.861. The number of nitrogens with one attached hydrogen (secondary N) is 2. The first-order valence-electron chi connectivity index (χ1n) is 5.85. The van der Waals surface area contributed by atoms with E-state index < -0.39 is 10.0 Å². The largest absolute Gasteiger partial charge is 0.340 e. The van der Waals surface area contributed by atoms with Crippen LogP contribution in [0.4, 0.5) is 0 Å². The van der Waals surface area contributed by atoms with Crippen molar-refractivity contribution in [3.8, 4) is 0 Å². The molecule has 0 aliphatic heterocycles. The summed E-state index contributed by atoms with van der Waals surface area (Å²) in [5.41, 5.74) is 0. The third kappa shape index (κ3) is 5.06. The molecule has 0 aliphatic carbocycles. The van der Waals surface area contributed by atoms with Gasteiger partial charge in [-0.3, -0.25) is 0 Å². The van der Waals surface area contributed by atoms with E-state index in [-0.39, 0.29) is 0 Å². The number of hydrogen-bond acceptors (Lipinski definition) is 2. The molecule has 0 amide bonds. The van der Waals surface area contributed by atoms with Gasteiger partial charge >= 0.3 is 0 Å². The fourth-order valence-electron chi connectivity index (χ4n) is 1.72. The highest BCUT2D eigenvalue weighted by molar-refractivity contribution is 9.10. The van der Waals surface area contributed by atoms with E-state index in [9.17, 15) is 8.42 Å². The van der Waals surface area contributed by atoms with Crippen LogP contribution in [0.1, 0.15) is 6.92 Å². The Balaban J connectivity index is 2.63. The molecule has 1 rings (SSSR count). The molecule has 1 aromatic carbocycles. The van der Waals surface area contributed by atoms with Crippen molar-refractivity contribution < 1.29 is 13.3 Å². The molecule has 0 saturated carbocycles. The van der Waals surface area contributed by atoms with Crippen LogP contribution in [0, 0.1) is 5.92 Å². The number of hydrogen-bond donors (Lipinski definition) is 2. The highest BCUT2D eigenvalue weighted by atomic mass is 79.9. The first-order valence-corrected chi connectivity index (χ1v) is 8.13. The first-order chi connectivity index (χ1) is 8.31. The summed E-state index contributed by atoms with van der Waals surface area (Å²) in [4.78, 5) is 1.61. The van der Waals surface area contributed by atoms with Crippen LogP contribution in [-0.2, 0) is 10.0 Å². The lowest BCUT2D eigenvalue weighted by Crippen LogP contribution is -3.06. The number of benzene rings is 1. The van der Waals surface area contributed by atoms with Gasteiger partial charge in [-0.25, -0.2) is 13.1 Å². The Labute approximate surface area is 118 Å². The molecule has 0 bridgehead atoms. The summed E-state index contributed by atoms with van der Waals surface area (Å²) in [5.74, 6) is 0.306. The van der Waals surface area contributed by atoms with Crippen molar-refractivity contribution in [1.29, 1.82) is 0 Å². The average molecular weight is 336 g/mol. The van der Waals surface area contributed by atoms with Crippen molar-refractivity contribution >= 4 is 26.0 Å². The topological polar surface area (TPSA) is 50.6 Å². The molecular formula is C12H20BrN2O2S+. The van der Waals surface area contributed by atoms with Crippen LogP contribution in [0.2, 0.25) is 0 Å². The van der Waals surface area contributed by atoms with Crippen LogP contribution in [0.15, 0.2) is 33.6 Å². The SMILES string of the molecule is C[C@H](CNS(=O)(=O)c1ccc(Br)cc1)C[NH+](C)C. The van der Waals surface area contributed by atoms with Crippen LogP contribution in [-0.4, -0.2) is 35.6 Å². The lowest BCUT2D eigenvalue weighted by atomic mass is 10.2. The number of quaternary nitrogens is 1. The van der Waals surface area contributed by atoms with Crippen molar-refractivity contribution in [2.75, 3.05) is 27.2 Å². The summed E-state index contributed by atoms with van der Waals surface area (Å²) in [5, 5.41) is 0. The summed E-state index contributed by atoms with van der Waals surface area (Å²) in [7, 11) is 0.723. The molecule has 0 radical (unpaired) electrons. The summed E-state index contributed by atoms with van der Waals surface area (Å²) < 4.78 is 27.5. The summed E-state index contributed by atoms with van der Waals surface area (Å²) in [6, 6.07) is 6.63. The average Bonchev–Trinajstić information content (AvgIpc) is 2.26. The van der Waals surface area contributed by atoms with Gasteiger partial charge in [0.1, 0.15) is 0 Å². The summed E-state index contributed by atoms with van der Waals surface area (Å²) in [6.45, 7) is 3.43. The molecule has 0 heterocycles. The Morgan fingerprint density at radius 1 is 1.28 bits per heavy atom. The molecule has 6 heteroatoms. The van der Waals surface area contributed by atoms with E-state index in [1.54, 1.807) is 24.3 Å². The molecule has 0 aliphatic rings. The second kappa shape index (κ2) is 6.65. The third-order valence-corrected chi connectivity index (χ3v) is 4.47. The molecule has 0 fully saturated rings. The van der Waals surface area contributed by atoms with Gasteiger partial charge in [0.25, 0.3) is 0 Å². The van der Waals surface area contributed by atoms with E-state index >= 15 is 0 Å². The Morgan fingerprint density at radius 2 is 1.83 bits per heavy atom. The molecule has 0 unspecified atom stereocenters. The Hall–Kier alpha value is -0.430. The van der Waals surface area contributed by atoms with Crippen molar-refractivity contribution in [3.05, 3.63) is 28.7 Å². The molecule has 0 aromatic heterocycles. The van der Waals surface area contributed by atoms with Crippen LogP contribution >= 0.6 is 15.9 Å². The van der Waals surface area contributed by atoms with Gasteiger partial charge in [-0.05, 0) is 24.3 Å².